The van der Waals surface area contributed by atoms with Gasteiger partial charge >= 0.3 is 0 Å². The average Bonchev–Trinajstić information content (AvgIpc) is 3.31. The second-order valence-corrected chi connectivity index (χ2v) is 21.7. The second kappa shape index (κ2) is 50.6. The number of hydrogen-bond donors (Lipinski definition) is 2. The first-order chi connectivity index (χ1) is 33.5. The highest BCUT2D eigenvalue weighted by Gasteiger charge is 2.24. The maximum absolute atomic E-state index is 13.0. The standard InChI is InChI=1S/C60H109N2O6P/c1-6-8-10-12-14-16-18-20-22-24-26-28-29-30-31-32-33-34-36-38-40-42-44-46-48-50-52-54-60(64)61-58(57-68-69(65,66)67-56-55-62(3,4)5)59(63)53-51-49-47-45-43-41-39-37-35-27-25-23-21-19-17-15-13-11-9-7-2/h8,10,14,16,20,22,26,28,30-31,33-34,38,40,58-59,63H,6-7,9,11-13,15,17-19,21,23-25,27,29,32,35-37,39,41-57H2,1-5H3,(H-,61,64,65,66)/b10-8-,16-14-,22-20-,28-26-,31-30-,34-33-,40-38-. The molecule has 0 radical (unpaired) electrons. The number of allylic oxidation sites excluding steroid dienone is 14. The van der Waals surface area contributed by atoms with E-state index in [-0.39, 0.29) is 19.1 Å². The van der Waals surface area contributed by atoms with E-state index in [0.29, 0.717) is 23.9 Å². The lowest BCUT2D eigenvalue weighted by Gasteiger charge is -2.30. The maximum Gasteiger partial charge on any atom is 0.268 e. The van der Waals surface area contributed by atoms with Crippen LogP contribution >= 0.6 is 7.82 Å². The van der Waals surface area contributed by atoms with Gasteiger partial charge in [-0.3, -0.25) is 9.36 Å². The molecule has 0 aliphatic carbocycles. The monoisotopic (exact) mass is 985 g/mol. The maximum atomic E-state index is 13.0. The van der Waals surface area contributed by atoms with E-state index in [2.05, 4.69) is 104 Å². The summed E-state index contributed by atoms with van der Waals surface area (Å²) < 4.78 is 23.4. The first-order valence-corrected chi connectivity index (χ1v) is 29.9. The van der Waals surface area contributed by atoms with E-state index in [1.165, 1.54) is 109 Å². The number of carbonyl (C=O) groups is 1. The molecule has 0 rings (SSSR count). The molecule has 0 aliphatic rings. The van der Waals surface area contributed by atoms with Crippen molar-refractivity contribution in [2.45, 2.75) is 251 Å². The molecule has 9 heteroatoms. The normalized spacial score (nSPS) is 14.6. The number of hydrogen-bond acceptors (Lipinski definition) is 6. The number of nitrogens with one attached hydrogen (secondary N) is 1. The summed E-state index contributed by atoms with van der Waals surface area (Å²) in [6.45, 7) is 4.60. The van der Waals surface area contributed by atoms with E-state index in [0.717, 1.165) is 103 Å². The minimum absolute atomic E-state index is 0.00384. The Kier molecular flexibility index (Phi) is 48.9. The lowest BCUT2D eigenvalue weighted by atomic mass is 10.0. The van der Waals surface area contributed by atoms with Crippen LogP contribution in [0.1, 0.15) is 239 Å². The SMILES string of the molecule is CC/C=C\C/C=C\C/C=C\C/C=C\C/C=C\C/C=C\C/C=C\CCCCCCCC(=O)NC(COP(=O)([O-])OCC[N+](C)(C)C)C(O)CCCCCCCCCCCCCCCCCCCCCC. The Hall–Kier alpha value is -2.32. The molecule has 3 atom stereocenters. The highest BCUT2D eigenvalue weighted by Crippen LogP contribution is 2.38. The van der Waals surface area contributed by atoms with Gasteiger partial charge in [0.25, 0.3) is 7.82 Å². The fourth-order valence-electron chi connectivity index (χ4n) is 7.96. The van der Waals surface area contributed by atoms with Gasteiger partial charge in [0.05, 0.1) is 39.9 Å². The molecule has 0 heterocycles. The van der Waals surface area contributed by atoms with Gasteiger partial charge in [-0.25, -0.2) is 0 Å². The van der Waals surface area contributed by atoms with Crippen LogP contribution in [0.2, 0.25) is 0 Å². The molecule has 3 unspecified atom stereocenters. The first-order valence-electron chi connectivity index (χ1n) is 28.4. The summed E-state index contributed by atoms with van der Waals surface area (Å²) in [5.41, 5.74) is 0. The van der Waals surface area contributed by atoms with Gasteiger partial charge in [0.1, 0.15) is 13.2 Å². The van der Waals surface area contributed by atoms with E-state index >= 15 is 0 Å². The van der Waals surface area contributed by atoms with Crippen LogP contribution in [0.3, 0.4) is 0 Å². The Morgan fingerprint density at radius 2 is 0.884 bits per heavy atom. The third-order valence-corrected chi connectivity index (χ3v) is 13.4. The Morgan fingerprint density at radius 1 is 0.522 bits per heavy atom. The molecule has 69 heavy (non-hydrogen) atoms. The van der Waals surface area contributed by atoms with Crippen molar-refractivity contribution >= 4 is 13.7 Å². The number of aliphatic hydroxyl groups excluding tert-OH is 1. The highest BCUT2D eigenvalue weighted by molar-refractivity contribution is 7.45. The van der Waals surface area contributed by atoms with Gasteiger partial charge in [-0.05, 0) is 70.6 Å². The molecule has 0 bridgehead atoms. The minimum Gasteiger partial charge on any atom is -0.756 e. The summed E-state index contributed by atoms with van der Waals surface area (Å²) in [6, 6.07) is -0.818. The van der Waals surface area contributed by atoms with Crippen molar-refractivity contribution in [2.24, 2.45) is 0 Å². The Labute approximate surface area is 426 Å². The molecular weight excluding hydrogens is 876 g/mol. The van der Waals surface area contributed by atoms with Crippen LogP contribution in [-0.2, 0) is 18.4 Å². The fraction of sp³-hybridized carbons (Fsp3) is 0.750. The van der Waals surface area contributed by atoms with Crippen molar-refractivity contribution in [2.75, 3.05) is 40.9 Å². The number of quaternary nitrogens is 1. The molecule has 0 aliphatic heterocycles. The van der Waals surface area contributed by atoms with Crippen molar-refractivity contribution in [3.63, 3.8) is 0 Å². The number of unbranched alkanes of at least 4 members (excludes halogenated alkanes) is 24. The molecule has 2 N–H and O–H groups in total. The zero-order chi connectivity index (χ0) is 50.6. The van der Waals surface area contributed by atoms with Crippen molar-refractivity contribution in [1.82, 2.24) is 5.32 Å². The number of phosphoric ester groups is 1. The fourth-order valence-corrected chi connectivity index (χ4v) is 8.68. The van der Waals surface area contributed by atoms with Crippen LogP contribution in [0.5, 0.6) is 0 Å². The number of likely N-dealkylation sites (N-methyl/N-ethyl adjacent to an activating group) is 1. The van der Waals surface area contributed by atoms with E-state index < -0.39 is 20.0 Å². The number of amides is 1. The number of aliphatic hydroxyl groups is 1. The van der Waals surface area contributed by atoms with Crippen molar-refractivity contribution < 1.29 is 32.9 Å². The molecule has 8 nitrogen and oxygen atoms in total. The smallest absolute Gasteiger partial charge is 0.268 e. The molecule has 0 aromatic rings. The summed E-state index contributed by atoms with van der Waals surface area (Å²) in [5.74, 6) is -0.185. The first kappa shape index (κ1) is 66.7. The molecule has 0 saturated heterocycles. The number of nitrogens with zero attached hydrogens (tertiary/aromatic N) is 1. The number of carbonyl (C=O) groups excluding carboxylic acids is 1. The molecule has 0 aromatic carbocycles. The van der Waals surface area contributed by atoms with E-state index in [9.17, 15) is 19.4 Å². The summed E-state index contributed by atoms with van der Waals surface area (Å²) in [7, 11) is 1.28. The van der Waals surface area contributed by atoms with Gasteiger partial charge in [0.2, 0.25) is 5.91 Å². The topological polar surface area (TPSA) is 108 Å². The quantitative estimate of drug-likeness (QED) is 0.0272. The van der Waals surface area contributed by atoms with E-state index in [4.69, 9.17) is 9.05 Å². The highest BCUT2D eigenvalue weighted by atomic mass is 31.2. The summed E-state index contributed by atoms with van der Waals surface area (Å²) in [5, 5.41) is 14.0. The third kappa shape index (κ3) is 53.3. The van der Waals surface area contributed by atoms with Crippen LogP contribution in [0.15, 0.2) is 85.1 Å². The van der Waals surface area contributed by atoms with Gasteiger partial charge < -0.3 is 28.8 Å². The third-order valence-electron chi connectivity index (χ3n) is 12.4. The van der Waals surface area contributed by atoms with Gasteiger partial charge in [-0.2, -0.15) is 0 Å². The predicted molar refractivity (Wildman–Crippen MR) is 297 cm³/mol. The lowest BCUT2D eigenvalue weighted by Crippen LogP contribution is -2.46. The summed E-state index contributed by atoms with van der Waals surface area (Å²) >= 11 is 0. The van der Waals surface area contributed by atoms with Crippen LogP contribution in [0.25, 0.3) is 0 Å². The average molecular weight is 986 g/mol. The molecule has 400 valence electrons. The molecule has 1 amide bonds. The Morgan fingerprint density at radius 3 is 1.29 bits per heavy atom. The van der Waals surface area contributed by atoms with Crippen molar-refractivity contribution in [1.29, 1.82) is 0 Å². The van der Waals surface area contributed by atoms with Gasteiger partial charge in [0, 0.05) is 6.42 Å². The second-order valence-electron chi connectivity index (χ2n) is 20.3. The molecule has 0 aromatic heterocycles. The minimum atomic E-state index is -4.59. The van der Waals surface area contributed by atoms with Crippen molar-refractivity contribution in [3.8, 4) is 0 Å². The van der Waals surface area contributed by atoms with Crippen LogP contribution in [0, 0.1) is 0 Å². The van der Waals surface area contributed by atoms with Gasteiger partial charge in [0.15, 0.2) is 0 Å². The summed E-state index contributed by atoms with van der Waals surface area (Å²) in [6.07, 6.45) is 70.3. The zero-order valence-electron chi connectivity index (χ0n) is 45.5. The lowest BCUT2D eigenvalue weighted by molar-refractivity contribution is -0.870. The predicted octanol–water partition coefficient (Wildman–Crippen LogP) is 16.6. The molecule has 0 spiro atoms. The molecule has 0 fully saturated rings. The Bertz CT molecular complexity index is 1400. The van der Waals surface area contributed by atoms with E-state index in [1.54, 1.807) is 0 Å². The Balaban J connectivity index is 4.27. The van der Waals surface area contributed by atoms with E-state index in [1.807, 2.05) is 21.1 Å². The van der Waals surface area contributed by atoms with Crippen molar-refractivity contribution in [3.05, 3.63) is 85.1 Å². The number of rotatable bonds is 51. The molecular formula is C60H109N2O6P. The largest absolute Gasteiger partial charge is 0.756 e. The van der Waals surface area contributed by atoms with Crippen LogP contribution in [-0.4, -0.2) is 68.5 Å². The van der Waals surface area contributed by atoms with Gasteiger partial charge in [-0.1, -0.05) is 247 Å². The zero-order valence-corrected chi connectivity index (χ0v) is 46.4. The molecule has 0 saturated carbocycles. The summed E-state index contributed by atoms with van der Waals surface area (Å²) in [4.78, 5) is 25.5. The number of phosphoric acid groups is 1. The van der Waals surface area contributed by atoms with Crippen LogP contribution in [0.4, 0.5) is 0 Å². The van der Waals surface area contributed by atoms with Crippen LogP contribution < -0.4 is 10.2 Å². The van der Waals surface area contributed by atoms with Gasteiger partial charge in [-0.15, -0.1) is 0 Å².